The molecule has 3 rings (SSSR count). The van der Waals surface area contributed by atoms with Crippen LogP contribution in [0.2, 0.25) is 0 Å². The molecule has 1 aliphatic rings. The van der Waals surface area contributed by atoms with Crippen LogP contribution in [-0.2, 0) is 6.54 Å². The Hall–Kier alpha value is -2.14. The molecule has 21 heavy (non-hydrogen) atoms. The van der Waals surface area contributed by atoms with Crippen LogP contribution in [0.3, 0.4) is 0 Å². The van der Waals surface area contributed by atoms with Gasteiger partial charge in [-0.1, -0.05) is 18.2 Å². The molecule has 1 aromatic carbocycles. The lowest BCUT2D eigenvalue weighted by Gasteiger charge is -2.17. The highest BCUT2D eigenvalue weighted by Crippen LogP contribution is 2.32. The Labute approximate surface area is 127 Å². The highest BCUT2D eigenvalue weighted by molar-refractivity contribution is 7.99. The molecule has 1 aromatic heterocycles. The summed E-state index contributed by atoms with van der Waals surface area (Å²) in [7, 11) is 0. The van der Waals surface area contributed by atoms with Crippen molar-refractivity contribution >= 4 is 23.5 Å². The van der Waals surface area contributed by atoms with E-state index < -0.39 is 0 Å². The van der Waals surface area contributed by atoms with Crippen molar-refractivity contribution in [2.24, 2.45) is 0 Å². The van der Waals surface area contributed by atoms with Crippen molar-refractivity contribution in [3.63, 3.8) is 0 Å². The zero-order valence-electron chi connectivity index (χ0n) is 11.3. The average Bonchev–Trinajstić information content (AvgIpc) is 2.53. The maximum atomic E-state index is 12.3. The fraction of sp³-hybridized carbons (Fsp3) is 0.188. The summed E-state index contributed by atoms with van der Waals surface area (Å²) < 4.78 is 0. The first kappa shape index (κ1) is 13.8. The van der Waals surface area contributed by atoms with E-state index in [0.717, 1.165) is 16.2 Å². The van der Waals surface area contributed by atoms with Crippen LogP contribution in [0.25, 0.3) is 0 Å². The van der Waals surface area contributed by atoms with Crippen molar-refractivity contribution in [2.75, 3.05) is 5.75 Å². The number of Topliss-reactive ketones (excluding diaryl/α,β-unsaturated/α-hetero) is 1. The monoisotopic (exact) mass is 298 g/mol. The fourth-order valence-corrected chi connectivity index (χ4v) is 3.40. The minimum absolute atomic E-state index is 0.116. The Morgan fingerprint density at radius 1 is 1.29 bits per heavy atom. The zero-order valence-corrected chi connectivity index (χ0v) is 12.2. The number of aromatic nitrogens is 1. The molecule has 1 amide bonds. The highest BCUT2D eigenvalue weighted by Gasteiger charge is 2.22. The summed E-state index contributed by atoms with van der Waals surface area (Å²) in [5.41, 5.74) is 2.19. The number of thioether (sulfide) groups is 1. The van der Waals surface area contributed by atoms with Crippen molar-refractivity contribution in [1.29, 1.82) is 0 Å². The number of pyridine rings is 1. The Balaban J connectivity index is 1.79. The zero-order chi connectivity index (χ0) is 14.7. The summed E-state index contributed by atoms with van der Waals surface area (Å²) in [5, 5.41) is 2.88. The highest BCUT2D eigenvalue weighted by atomic mass is 32.2. The lowest BCUT2D eigenvalue weighted by molar-refractivity contribution is 0.0947. The van der Waals surface area contributed by atoms with Crippen molar-refractivity contribution in [2.45, 2.75) is 17.9 Å². The van der Waals surface area contributed by atoms with E-state index in [0.29, 0.717) is 24.1 Å². The van der Waals surface area contributed by atoms with Gasteiger partial charge in [-0.25, -0.2) is 0 Å². The van der Waals surface area contributed by atoms with Gasteiger partial charge in [0.05, 0.1) is 5.56 Å². The number of carbonyl (C=O) groups excluding carboxylic acids is 2. The first-order chi connectivity index (χ1) is 10.3. The van der Waals surface area contributed by atoms with E-state index in [9.17, 15) is 9.59 Å². The second-order valence-corrected chi connectivity index (χ2v) is 5.85. The molecule has 0 saturated carbocycles. The largest absolute Gasteiger partial charge is 0.348 e. The predicted octanol–water partition coefficient (Wildman–Crippen LogP) is 2.69. The third kappa shape index (κ3) is 2.97. The van der Waals surface area contributed by atoms with Gasteiger partial charge in [-0.3, -0.25) is 14.6 Å². The number of hydrogen-bond acceptors (Lipinski definition) is 4. The first-order valence-electron chi connectivity index (χ1n) is 6.72. The average molecular weight is 298 g/mol. The van der Waals surface area contributed by atoms with Crippen LogP contribution < -0.4 is 5.32 Å². The second kappa shape index (κ2) is 6.10. The molecule has 1 aliphatic heterocycles. The predicted molar refractivity (Wildman–Crippen MR) is 81.5 cm³/mol. The van der Waals surface area contributed by atoms with E-state index >= 15 is 0 Å². The standard InChI is InChI=1S/C16H14N2O2S/c19-14-6-8-21-15-12(14)4-1-5-13(15)16(20)18-10-11-3-2-7-17-9-11/h1-5,7,9H,6,8,10H2,(H,18,20). The number of amides is 1. The lowest BCUT2D eigenvalue weighted by Crippen LogP contribution is -2.24. The van der Waals surface area contributed by atoms with Gasteiger partial charge < -0.3 is 5.32 Å². The third-order valence-electron chi connectivity index (χ3n) is 3.31. The number of nitrogens with zero attached hydrogens (tertiary/aromatic N) is 1. The van der Waals surface area contributed by atoms with Gasteiger partial charge in [-0.2, -0.15) is 0 Å². The number of fused-ring (bicyclic) bond motifs is 1. The van der Waals surface area contributed by atoms with Crippen molar-refractivity contribution in [3.8, 4) is 0 Å². The molecule has 5 heteroatoms. The molecular formula is C16H14N2O2S. The molecule has 0 spiro atoms. The van der Waals surface area contributed by atoms with Gasteiger partial charge in [0.25, 0.3) is 5.91 Å². The van der Waals surface area contributed by atoms with Crippen LogP contribution in [0.5, 0.6) is 0 Å². The van der Waals surface area contributed by atoms with Gasteiger partial charge in [0.1, 0.15) is 0 Å². The van der Waals surface area contributed by atoms with Gasteiger partial charge in [-0.05, 0) is 17.7 Å². The Morgan fingerprint density at radius 2 is 2.19 bits per heavy atom. The summed E-state index contributed by atoms with van der Waals surface area (Å²) in [4.78, 5) is 29.0. The normalized spacial score (nSPS) is 13.6. The van der Waals surface area contributed by atoms with Gasteiger partial charge in [0.2, 0.25) is 0 Å². The molecule has 0 aliphatic carbocycles. The van der Waals surface area contributed by atoms with Crippen LogP contribution in [0.1, 0.15) is 32.7 Å². The molecule has 2 aromatic rings. The van der Waals surface area contributed by atoms with E-state index in [-0.39, 0.29) is 11.7 Å². The van der Waals surface area contributed by atoms with Gasteiger partial charge in [0.15, 0.2) is 5.78 Å². The van der Waals surface area contributed by atoms with E-state index in [4.69, 9.17) is 0 Å². The molecule has 0 radical (unpaired) electrons. The van der Waals surface area contributed by atoms with Crippen LogP contribution in [0.15, 0.2) is 47.6 Å². The van der Waals surface area contributed by atoms with Crippen LogP contribution in [0.4, 0.5) is 0 Å². The lowest BCUT2D eigenvalue weighted by atomic mass is 10.0. The molecular weight excluding hydrogens is 284 g/mol. The summed E-state index contributed by atoms with van der Waals surface area (Å²) in [6, 6.07) is 9.07. The number of carbonyl (C=O) groups is 2. The minimum atomic E-state index is -0.155. The molecule has 0 bridgehead atoms. The quantitative estimate of drug-likeness (QED) is 0.946. The van der Waals surface area contributed by atoms with E-state index in [1.807, 2.05) is 12.1 Å². The molecule has 0 fully saturated rings. The van der Waals surface area contributed by atoms with E-state index in [2.05, 4.69) is 10.3 Å². The molecule has 0 saturated heterocycles. The Morgan fingerprint density at radius 3 is 3.00 bits per heavy atom. The summed E-state index contributed by atoms with van der Waals surface area (Å²) in [6.45, 7) is 0.426. The minimum Gasteiger partial charge on any atom is -0.348 e. The number of rotatable bonds is 3. The van der Waals surface area contributed by atoms with E-state index in [1.54, 1.807) is 42.4 Å². The van der Waals surface area contributed by atoms with E-state index in [1.165, 1.54) is 0 Å². The van der Waals surface area contributed by atoms with Crippen LogP contribution in [0, 0.1) is 0 Å². The maximum absolute atomic E-state index is 12.3. The molecule has 2 heterocycles. The number of ketones is 1. The molecule has 4 nitrogen and oxygen atoms in total. The molecule has 0 atom stereocenters. The summed E-state index contributed by atoms with van der Waals surface area (Å²) in [5.74, 6) is 0.696. The number of hydrogen-bond donors (Lipinski definition) is 1. The molecule has 0 unspecified atom stereocenters. The van der Waals surface area contributed by atoms with Crippen molar-refractivity contribution in [1.82, 2.24) is 10.3 Å². The molecule has 1 N–H and O–H groups in total. The van der Waals surface area contributed by atoms with Gasteiger partial charge in [-0.15, -0.1) is 11.8 Å². The fourth-order valence-electron chi connectivity index (χ4n) is 2.25. The summed E-state index contributed by atoms with van der Waals surface area (Å²) in [6.07, 6.45) is 3.96. The van der Waals surface area contributed by atoms with Gasteiger partial charge >= 0.3 is 0 Å². The second-order valence-electron chi connectivity index (χ2n) is 4.75. The first-order valence-corrected chi connectivity index (χ1v) is 7.70. The van der Waals surface area contributed by atoms with Crippen molar-refractivity contribution < 1.29 is 9.59 Å². The maximum Gasteiger partial charge on any atom is 0.252 e. The summed E-state index contributed by atoms with van der Waals surface area (Å²) >= 11 is 1.58. The van der Waals surface area contributed by atoms with Crippen molar-refractivity contribution in [3.05, 3.63) is 59.4 Å². The Bertz CT molecular complexity index is 686. The topological polar surface area (TPSA) is 59.1 Å². The number of nitrogens with one attached hydrogen (secondary N) is 1. The van der Waals surface area contributed by atoms with Gasteiger partial charge in [0, 0.05) is 41.6 Å². The Kier molecular flexibility index (Phi) is 4.01. The SMILES string of the molecule is O=C1CCSc2c1cccc2C(=O)NCc1cccnc1. The van der Waals surface area contributed by atoms with Crippen LogP contribution >= 0.6 is 11.8 Å². The molecule has 106 valence electrons. The third-order valence-corrected chi connectivity index (χ3v) is 4.45. The number of benzene rings is 1. The van der Waals surface area contributed by atoms with Crippen LogP contribution in [-0.4, -0.2) is 22.4 Å². The smallest absolute Gasteiger partial charge is 0.252 e.